The van der Waals surface area contributed by atoms with Crippen LogP contribution < -0.4 is 10.6 Å². The van der Waals surface area contributed by atoms with Crippen molar-refractivity contribution < 1.29 is 35.2 Å². The number of nitrogens with zero attached hydrogens (tertiary/aromatic N) is 2. The number of benzene rings is 2. The lowest BCUT2D eigenvalue weighted by molar-refractivity contribution is -0.125. The average Bonchev–Trinajstić information content (AvgIpc) is 3.66. The van der Waals surface area contributed by atoms with Crippen molar-refractivity contribution in [1.29, 1.82) is 10.5 Å². The molecule has 0 radical (unpaired) electrons. The van der Waals surface area contributed by atoms with Crippen molar-refractivity contribution in [3.8, 4) is 12.1 Å². The molecule has 44 heavy (non-hydrogen) atoms. The Morgan fingerprint density at radius 3 is 1.41 bits per heavy atom. The number of nitriles is 2. The molecular formula is C28H28Cl2F2N4O6S2. The maximum Gasteiger partial charge on any atom is 0.223 e. The Kier molecular flexibility index (Phi) is 12.1. The van der Waals surface area contributed by atoms with Gasteiger partial charge in [-0.1, -0.05) is 23.2 Å². The molecule has 2 saturated carbocycles. The third-order valence-electron chi connectivity index (χ3n) is 7.47. The normalized spacial score (nSPS) is 21.3. The minimum absolute atomic E-state index is 0.101. The van der Waals surface area contributed by atoms with Crippen LogP contribution in [0.5, 0.6) is 0 Å². The zero-order chi connectivity index (χ0) is 32.7. The highest BCUT2D eigenvalue weighted by atomic mass is 35.5. The molecule has 10 nitrogen and oxygen atoms in total. The molecule has 4 rings (SSSR count). The molecular weight excluding hydrogens is 661 g/mol. The van der Waals surface area contributed by atoms with E-state index in [0.29, 0.717) is 25.7 Å². The van der Waals surface area contributed by atoms with Crippen molar-refractivity contribution in [2.75, 3.05) is 13.1 Å². The van der Waals surface area contributed by atoms with E-state index < -0.39 is 53.6 Å². The molecule has 4 atom stereocenters. The van der Waals surface area contributed by atoms with Crippen LogP contribution in [0.2, 0.25) is 10.0 Å². The van der Waals surface area contributed by atoms with E-state index in [1.165, 1.54) is 0 Å². The van der Waals surface area contributed by atoms with Gasteiger partial charge in [0.05, 0.1) is 42.5 Å². The second-order valence-corrected chi connectivity index (χ2v) is 15.5. The fourth-order valence-electron chi connectivity index (χ4n) is 5.23. The largest absolute Gasteiger partial charge is 0.343 e. The zero-order valence-corrected chi connectivity index (χ0v) is 26.2. The van der Waals surface area contributed by atoms with Gasteiger partial charge in [-0.15, -0.1) is 0 Å². The highest BCUT2D eigenvalue weighted by Crippen LogP contribution is 2.37. The van der Waals surface area contributed by atoms with Gasteiger partial charge >= 0.3 is 0 Å². The summed E-state index contributed by atoms with van der Waals surface area (Å²) in [4.78, 5) is 23.4. The third-order valence-corrected chi connectivity index (χ3v) is 12.9. The average molecular weight is 690 g/mol. The first-order valence-electron chi connectivity index (χ1n) is 13.4. The smallest absolute Gasteiger partial charge is 0.223 e. The van der Waals surface area contributed by atoms with Crippen LogP contribution in [0.15, 0.2) is 46.2 Å². The first-order chi connectivity index (χ1) is 20.7. The third kappa shape index (κ3) is 8.45. The summed E-state index contributed by atoms with van der Waals surface area (Å²) in [6.45, 7) is -0.201. The van der Waals surface area contributed by atoms with E-state index in [9.17, 15) is 35.2 Å². The van der Waals surface area contributed by atoms with Crippen LogP contribution >= 0.6 is 23.2 Å². The Bertz CT molecular complexity index is 1590. The summed E-state index contributed by atoms with van der Waals surface area (Å²) < 4.78 is 76.3. The van der Waals surface area contributed by atoms with Gasteiger partial charge in [-0.3, -0.25) is 9.59 Å². The Balaban J connectivity index is 0.000000240. The monoisotopic (exact) mass is 688 g/mol. The molecule has 16 heteroatoms. The van der Waals surface area contributed by atoms with Gasteiger partial charge in [0, 0.05) is 11.8 Å². The van der Waals surface area contributed by atoms with Crippen LogP contribution in [-0.2, 0) is 29.3 Å². The highest BCUT2D eigenvalue weighted by molar-refractivity contribution is 7.92. The minimum atomic E-state index is -3.72. The number of halogens is 4. The lowest BCUT2D eigenvalue weighted by Crippen LogP contribution is -2.30. The number of nitrogens with one attached hydrogen (secondary N) is 2. The van der Waals surface area contributed by atoms with Gasteiger partial charge in [0.25, 0.3) is 0 Å². The summed E-state index contributed by atoms with van der Waals surface area (Å²) in [5.41, 5.74) is 0. The van der Waals surface area contributed by atoms with E-state index in [-0.39, 0.29) is 57.6 Å². The summed E-state index contributed by atoms with van der Waals surface area (Å²) in [5, 5.41) is 20.0. The van der Waals surface area contributed by atoms with E-state index in [1.54, 1.807) is 12.1 Å². The van der Waals surface area contributed by atoms with Crippen molar-refractivity contribution in [2.45, 2.75) is 58.8 Å². The quantitative estimate of drug-likeness (QED) is 0.308. The van der Waals surface area contributed by atoms with Crippen molar-refractivity contribution in [2.24, 2.45) is 11.8 Å². The Labute approximate surface area is 264 Å². The van der Waals surface area contributed by atoms with Crippen molar-refractivity contribution in [3.63, 3.8) is 0 Å². The van der Waals surface area contributed by atoms with Crippen LogP contribution in [0.1, 0.15) is 38.5 Å². The van der Waals surface area contributed by atoms with E-state index in [0.717, 1.165) is 36.4 Å². The number of hydrogen-bond acceptors (Lipinski definition) is 8. The Hall–Kier alpha value is -3.30. The zero-order valence-electron chi connectivity index (χ0n) is 23.1. The molecule has 2 N–H and O–H groups in total. The second kappa shape index (κ2) is 15.1. The van der Waals surface area contributed by atoms with Gasteiger partial charge in [0.15, 0.2) is 19.7 Å². The maximum atomic E-state index is 13.0. The minimum Gasteiger partial charge on any atom is -0.343 e. The predicted molar refractivity (Wildman–Crippen MR) is 157 cm³/mol. The standard InChI is InChI=1S/2C14H14ClFN2O3S/c2*15-12-8-10(16)2-4-13(12)22(20,21)11-3-1-9(7-11)14(19)18-6-5-17/h2*2,4,8-9,11H,1,3,6-7H2,(H,18,19)/t2*9-,11-/m10/s1. The lowest BCUT2D eigenvalue weighted by Gasteiger charge is -2.13. The summed E-state index contributed by atoms with van der Waals surface area (Å²) in [7, 11) is -7.43. The number of carbonyl (C=O) groups is 2. The van der Waals surface area contributed by atoms with Gasteiger partial charge in [-0.2, -0.15) is 10.5 Å². The molecule has 0 aliphatic heterocycles. The highest BCUT2D eigenvalue weighted by Gasteiger charge is 2.40. The fraction of sp³-hybridized carbons (Fsp3) is 0.429. The lowest BCUT2D eigenvalue weighted by atomic mass is 10.1. The topological polar surface area (TPSA) is 174 Å². The molecule has 2 fully saturated rings. The van der Waals surface area contributed by atoms with Crippen LogP contribution in [0, 0.1) is 46.1 Å². The van der Waals surface area contributed by atoms with Gasteiger partial charge in [-0.05, 0) is 74.9 Å². The summed E-state index contributed by atoms with van der Waals surface area (Å²) >= 11 is 11.7. The van der Waals surface area contributed by atoms with Crippen LogP contribution in [0.4, 0.5) is 8.78 Å². The molecule has 236 valence electrons. The number of carbonyl (C=O) groups excluding carboxylic acids is 2. The molecule has 0 spiro atoms. The van der Waals surface area contributed by atoms with E-state index in [4.69, 9.17) is 33.7 Å². The molecule has 0 bridgehead atoms. The molecule has 0 heterocycles. The Morgan fingerprint density at radius 1 is 0.727 bits per heavy atom. The molecule has 2 amide bonds. The SMILES string of the molecule is N#CCNC(=O)[C@@H]1CC[C@@H](S(=O)(=O)c2ccc(F)cc2Cl)C1.N#CCNC(=O)[C@H]1CC[C@H](S(=O)(=O)c2ccc(F)cc2Cl)C1. The second-order valence-electron chi connectivity index (χ2n) is 10.3. The number of amides is 2. The maximum absolute atomic E-state index is 13.0. The van der Waals surface area contributed by atoms with Crippen LogP contribution in [-0.4, -0.2) is 52.2 Å². The molecule has 0 unspecified atom stereocenters. The van der Waals surface area contributed by atoms with Gasteiger partial charge in [-0.25, -0.2) is 25.6 Å². The van der Waals surface area contributed by atoms with Crippen LogP contribution in [0.3, 0.4) is 0 Å². The summed E-state index contributed by atoms with van der Waals surface area (Å²) in [5.74, 6) is -2.72. The number of hydrogen-bond donors (Lipinski definition) is 2. The van der Waals surface area contributed by atoms with Gasteiger partial charge < -0.3 is 10.6 Å². The molecule has 2 aliphatic rings. The molecule has 2 aromatic rings. The molecule has 0 saturated heterocycles. The fourth-order valence-corrected chi connectivity index (χ4v) is 9.97. The summed E-state index contributed by atoms with van der Waals surface area (Å²) in [6.07, 6.45) is 1.88. The van der Waals surface area contributed by atoms with Crippen LogP contribution in [0.25, 0.3) is 0 Å². The molecule has 2 aromatic carbocycles. The van der Waals surface area contributed by atoms with E-state index >= 15 is 0 Å². The van der Waals surface area contributed by atoms with Crippen molar-refractivity contribution >= 4 is 54.7 Å². The Morgan fingerprint density at radius 2 is 1.09 bits per heavy atom. The van der Waals surface area contributed by atoms with E-state index in [2.05, 4.69) is 10.6 Å². The van der Waals surface area contributed by atoms with Crippen molar-refractivity contribution in [1.82, 2.24) is 10.6 Å². The first kappa shape index (κ1) is 35.2. The molecule has 0 aromatic heterocycles. The predicted octanol–water partition coefficient (Wildman–Crippen LogP) is 4.12. The van der Waals surface area contributed by atoms with Gasteiger partial charge in [0.2, 0.25) is 11.8 Å². The van der Waals surface area contributed by atoms with Gasteiger partial charge in [0.1, 0.15) is 24.7 Å². The number of rotatable bonds is 8. The van der Waals surface area contributed by atoms with E-state index in [1.807, 2.05) is 0 Å². The molecule has 2 aliphatic carbocycles. The summed E-state index contributed by atoms with van der Waals surface area (Å²) in [6, 6.07) is 9.91. The number of sulfone groups is 2. The van der Waals surface area contributed by atoms with Crippen molar-refractivity contribution in [3.05, 3.63) is 58.1 Å². The first-order valence-corrected chi connectivity index (χ1v) is 17.2.